The van der Waals surface area contributed by atoms with Gasteiger partial charge in [0.2, 0.25) is 0 Å². The maximum Gasteiger partial charge on any atom is 0.479 e. The fourth-order valence-corrected chi connectivity index (χ4v) is 39.6. The molecule has 0 aliphatic heterocycles. The van der Waals surface area contributed by atoms with Gasteiger partial charge >= 0.3 is 35.2 Å². The molecule has 0 rings (SSSR count). The van der Waals surface area contributed by atoms with Crippen LogP contribution in [0.25, 0.3) is 0 Å². The summed E-state index contributed by atoms with van der Waals surface area (Å²) in [6, 6.07) is 0. The summed E-state index contributed by atoms with van der Waals surface area (Å²) in [5.74, 6) is 0. The first-order valence-corrected chi connectivity index (χ1v) is 42.5. The van der Waals surface area contributed by atoms with Crippen LogP contribution in [0.1, 0.15) is 0 Å². The van der Waals surface area contributed by atoms with Crippen molar-refractivity contribution < 1.29 is 37.7 Å². The van der Waals surface area contributed by atoms with E-state index in [1.54, 1.807) is 0 Å². The van der Waals surface area contributed by atoms with Crippen molar-refractivity contribution in [3.05, 3.63) is 0 Å². The molecule has 0 amide bonds. The first kappa shape index (κ1) is 42.8. The lowest BCUT2D eigenvalue weighted by Crippen LogP contribution is -2.69. The Kier molecular flexibility index (Phi) is 16.3. The van der Waals surface area contributed by atoms with Crippen LogP contribution in [0.2, 0.25) is 131 Å². The van der Waals surface area contributed by atoms with Crippen molar-refractivity contribution in [2.75, 3.05) is 12.5 Å². The van der Waals surface area contributed by atoms with Crippen molar-refractivity contribution in [1.29, 1.82) is 0 Å². The summed E-state index contributed by atoms with van der Waals surface area (Å²) in [5.41, 5.74) is 0. The smallest absolute Gasteiger partial charge is 0.417 e. The maximum absolute atomic E-state index is 7.07. The monoisotopic (exact) mass is 752 g/mol. The quantitative estimate of drug-likeness (QED) is 0.119. The molecule has 2 radical (unpaired) electrons. The van der Waals surface area contributed by atoms with Crippen molar-refractivity contribution in [2.45, 2.75) is 131 Å². The summed E-state index contributed by atoms with van der Waals surface area (Å²) in [5, 5.41) is 0. The molecule has 0 spiro atoms. The number of hydrogen-bond acceptors (Lipinski definition) is 9. The van der Waals surface area contributed by atoms with Gasteiger partial charge in [-0.15, -0.1) is 0 Å². The van der Waals surface area contributed by atoms with Gasteiger partial charge in [-0.25, -0.2) is 0 Å². The number of hydrogen-bond donors (Lipinski definition) is 0. The highest BCUT2D eigenvalue weighted by molar-refractivity contribution is 6.92. The Morgan fingerprint density at radius 3 is 0.732 bits per heavy atom. The van der Waals surface area contributed by atoms with Gasteiger partial charge in [0.05, 0.1) is 17.6 Å². The van der Waals surface area contributed by atoms with E-state index in [-0.39, 0.29) is 0 Å². The first-order chi connectivity index (χ1) is 17.8. The standard InChI is InChI=1S/C22H64O9Si10/c1-32(2)21-23-38(17,25-34(5,6)7)29-41(20,30-39(18,24-22-33(3)4)26-35(8,9)10)31-40(19,27-36(11,12)13)28-37(14,15)16/h21-22H2,1-20H3. The zero-order valence-electron chi connectivity index (χ0n) is 30.1. The molecule has 0 saturated heterocycles. The fourth-order valence-electron chi connectivity index (χ4n) is 4.07. The Labute approximate surface area is 265 Å². The van der Waals surface area contributed by atoms with E-state index in [4.69, 9.17) is 37.7 Å². The average molecular weight is 754 g/mol. The third-order valence-corrected chi connectivity index (χ3v) is 32.3. The minimum Gasteiger partial charge on any atom is -0.417 e. The van der Waals surface area contributed by atoms with Crippen molar-refractivity contribution in [3.8, 4) is 0 Å². The molecule has 2 atom stereocenters. The lowest BCUT2D eigenvalue weighted by Gasteiger charge is -2.46. The van der Waals surface area contributed by atoms with E-state index < -0.39 is 86.1 Å². The average Bonchev–Trinajstić information content (AvgIpc) is 2.57. The molecular formula is C22H64O9Si10. The van der Waals surface area contributed by atoms with E-state index in [0.29, 0.717) is 12.5 Å². The van der Waals surface area contributed by atoms with Crippen molar-refractivity contribution >= 4 is 86.1 Å². The SMILES string of the molecule is C[Si](C)CO[Si](C)(O[Si](C)(C)C)O[Si](C)(O[Si](C)(OC[Si](C)C)O[Si](C)(C)C)O[Si](C)(O[Si](C)(C)C)O[Si](C)(C)C. The van der Waals surface area contributed by atoms with Crippen LogP contribution in [0.3, 0.4) is 0 Å². The van der Waals surface area contributed by atoms with Crippen LogP contribution in [0.15, 0.2) is 0 Å². The molecule has 246 valence electrons. The minimum atomic E-state index is -3.65. The lowest BCUT2D eigenvalue weighted by atomic mass is 11.7. The molecule has 0 bridgehead atoms. The number of rotatable bonds is 20. The van der Waals surface area contributed by atoms with E-state index in [9.17, 15) is 0 Å². The predicted octanol–water partition coefficient (Wildman–Crippen LogP) is 7.34. The van der Waals surface area contributed by atoms with Gasteiger partial charge in [0.15, 0.2) is 33.3 Å². The molecular weight excluding hydrogens is 689 g/mol. The van der Waals surface area contributed by atoms with Crippen LogP contribution in [-0.2, 0) is 37.7 Å². The summed E-state index contributed by atoms with van der Waals surface area (Å²) in [7, 11) is -23.1. The molecule has 41 heavy (non-hydrogen) atoms. The summed E-state index contributed by atoms with van der Waals surface area (Å²) < 4.78 is 61.2. The van der Waals surface area contributed by atoms with Gasteiger partial charge in [-0.1, -0.05) is 26.2 Å². The van der Waals surface area contributed by atoms with Crippen molar-refractivity contribution in [2.24, 2.45) is 0 Å². The zero-order chi connectivity index (χ0) is 32.9. The van der Waals surface area contributed by atoms with E-state index in [2.05, 4.69) is 105 Å². The predicted molar refractivity (Wildman–Crippen MR) is 194 cm³/mol. The van der Waals surface area contributed by atoms with Crippen LogP contribution in [0.4, 0.5) is 0 Å². The van der Waals surface area contributed by atoms with E-state index in [0.717, 1.165) is 0 Å². The highest BCUT2D eigenvalue weighted by Crippen LogP contribution is 2.33. The zero-order valence-corrected chi connectivity index (χ0v) is 40.1. The first-order valence-electron chi connectivity index (χ1n) is 14.6. The summed E-state index contributed by atoms with van der Waals surface area (Å²) in [6.07, 6.45) is 1.23. The Bertz CT molecular complexity index is 741. The normalized spacial score (nSPS) is 18.9. The molecule has 19 heteroatoms. The molecule has 9 nitrogen and oxygen atoms in total. The van der Waals surface area contributed by atoms with Gasteiger partial charge in [0, 0.05) is 38.6 Å². The molecule has 0 aliphatic carbocycles. The lowest BCUT2D eigenvalue weighted by molar-refractivity contribution is 0.0990. The Morgan fingerprint density at radius 1 is 0.317 bits per heavy atom. The molecule has 0 aromatic heterocycles. The molecule has 2 unspecified atom stereocenters. The third-order valence-electron chi connectivity index (χ3n) is 4.32. The topological polar surface area (TPSA) is 83.1 Å². The van der Waals surface area contributed by atoms with Gasteiger partial charge < -0.3 is 37.7 Å². The molecule has 0 heterocycles. The molecule has 0 aliphatic rings. The maximum atomic E-state index is 7.07. The second-order valence-corrected chi connectivity index (χ2v) is 51.1. The van der Waals surface area contributed by atoms with Gasteiger partial charge in [0.25, 0.3) is 0 Å². The van der Waals surface area contributed by atoms with Gasteiger partial charge in [-0.3, -0.25) is 0 Å². The Balaban J connectivity index is 7.04. The third kappa shape index (κ3) is 21.3. The molecule has 0 aromatic carbocycles. The highest BCUT2D eigenvalue weighted by atomic mass is 28.6. The van der Waals surface area contributed by atoms with E-state index in [1.165, 1.54) is 0 Å². The van der Waals surface area contributed by atoms with E-state index >= 15 is 0 Å². The molecule has 0 N–H and O–H groups in total. The van der Waals surface area contributed by atoms with Crippen LogP contribution in [0.5, 0.6) is 0 Å². The van der Waals surface area contributed by atoms with Gasteiger partial charge in [-0.2, -0.15) is 0 Å². The van der Waals surface area contributed by atoms with E-state index in [1.807, 2.05) is 26.2 Å². The molecule has 0 saturated carbocycles. The van der Waals surface area contributed by atoms with Crippen LogP contribution < -0.4 is 0 Å². The minimum absolute atomic E-state index is 0.613. The second-order valence-electron chi connectivity index (χ2n) is 15.6. The largest absolute Gasteiger partial charge is 0.479 e. The summed E-state index contributed by atoms with van der Waals surface area (Å²) >= 11 is 0. The molecule has 0 fully saturated rings. The van der Waals surface area contributed by atoms with Crippen LogP contribution >= 0.6 is 0 Å². The Morgan fingerprint density at radius 2 is 0.512 bits per heavy atom. The van der Waals surface area contributed by atoms with Gasteiger partial charge in [-0.05, 0) is 78.6 Å². The van der Waals surface area contributed by atoms with Crippen LogP contribution in [-0.4, -0.2) is 98.5 Å². The fraction of sp³-hybridized carbons (Fsp3) is 1.00. The second kappa shape index (κ2) is 15.6. The van der Waals surface area contributed by atoms with Crippen molar-refractivity contribution in [1.82, 2.24) is 0 Å². The summed E-state index contributed by atoms with van der Waals surface area (Å²) in [6.45, 7) is 42.6. The van der Waals surface area contributed by atoms with Crippen LogP contribution in [0, 0.1) is 0 Å². The molecule has 0 aromatic rings. The van der Waals surface area contributed by atoms with Gasteiger partial charge in [0.1, 0.15) is 0 Å². The van der Waals surface area contributed by atoms with Crippen molar-refractivity contribution in [3.63, 3.8) is 0 Å². The highest BCUT2D eigenvalue weighted by Gasteiger charge is 2.60. The summed E-state index contributed by atoms with van der Waals surface area (Å²) in [4.78, 5) is 0. The Hall–Kier alpha value is 1.81.